The number of non-ortho nitro benzene ring substituents is 1. The number of hydrogen-bond acceptors (Lipinski definition) is 5. The molecule has 2 rings (SSSR count). The van der Waals surface area contributed by atoms with Crippen LogP contribution in [0.1, 0.15) is 22.0 Å². The smallest absolute Gasteiger partial charge is 0.338 e. The molecule has 1 atom stereocenters. The van der Waals surface area contributed by atoms with Crippen molar-refractivity contribution in [3.63, 3.8) is 0 Å². The van der Waals surface area contributed by atoms with E-state index < -0.39 is 17.0 Å². The van der Waals surface area contributed by atoms with E-state index in [1.165, 1.54) is 24.3 Å². The van der Waals surface area contributed by atoms with Gasteiger partial charge in [-0.25, -0.2) is 4.79 Å². The number of esters is 1. The molecular weight excluding hydrogens is 296 g/mol. The average molecular weight is 314 g/mol. The summed E-state index contributed by atoms with van der Waals surface area (Å²) in [6.07, 6.45) is -0.408. The maximum absolute atomic E-state index is 12.3. The fourth-order valence-electron chi connectivity index (χ4n) is 2.13. The summed E-state index contributed by atoms with van der Waals surface area (Å²) < 4.78 is 5.58. The standard InChI is InChI=1S/C17H18N2O4/c1-18(2)12-16(13-6-4-3-5-7-13)23-17(20)14-8-10-15(11-9-14)19(21)22/h3-11,16H,12H2,1-2H3. The van der Waals surface area contributed by atoms with Crippen LogP contribution in [-0.4, -0.2) is 36.4 Å². The quantitative estimate of drug-likeness (QED) is 0.465. The molecule has 120 valence electrons. The van der Waals surface area contributed by atoms with Crippen molar-refractivity contribution in [3.05, 3.63) is 75.8 Å². The molecule has 0 aliphatic heterocycles. The van der Waals surface area contributed by atoms with Crippen molar-refractivity contribution in [2.45, 2.75) is 6.10 Å². The number of hydrogen-bond donors (Lipinski definition) is 0. The minimum absolute atomic E-state index is 0.0607. The molecule has 0 bridgehead atoms. The Hall–Kier alpha value is -2.73. The van der Waals surface area contributed by atoms with Gasteiger partial charge in [-0.15, -0.1) is 0 Å². The van der Waals surface area contributed by atoms with Crippen LogP contribution in [0.25, 0.3) is 0 Å². The van der Waals surface area contributed by atoms with Crippen LogP contribution < -0.4 is 0 Å². The van der Waals surface area contributed by atoms with Gasteiger partial charge in [-0.05, 0) is 31.8 Å². The van der Waals surface area contributed by atoms with Gasteiger partial charge in [0.05, 0.1) is 10.5 Å². The number of nitrogens with zero attached hydrogens (tertiary/aromatic N) is 2. The monoisotopic (exact) mass is 314 g/mol. The second-order valence-corrected chi connectivity index (χ2v) is 5.37. The van der Waals surface area contributed by atoms with Crippen molar-refractivity contribution in [2.24, 2.45) is 0 Å². The number of nitro groups is 1. The molecule has 0 fully saturated rings. The molecule has 2 aromatic rings. The number of ether oxygens (including phenoxy) is 1. The summed E-state index contributed by atoms with van der Waals surface area (Å²) in [6.45, 7) is 0.544. The van der Waals surface area contributed by atoms with Crippen LogP contribution in [0.4, 0.5) is 5.69 Å². The Kier molecular flexibility index (Phi) is 5.43. The predicted molar refractivity (Wildman–Crippen MR) is 86.2 cm³/mol. The van der Waals surface area contributed by atoms with E-state index in [-0.39, 0.29) is 11.3 Å². The molecule has 0 aromatic heterocycles. The zero-order valence-corrected chi connectivity index (χ0v) is 13.0. The Bertz CT molecular complexity index is 669. The van der Waals surface area contributed by atoms with Crippen molar-refractivity contribution >= 4 is 11.7 Å². The Morgan fingerprint density at radius 1 is 1.13 bits per heavy atom. The van der Waals surface area contributed by atoms with Crippen molar-refractivity contribution < 1.29 is 14.5 Å². The highest BCUT2D eigenvalue weighted by molar-refractivity contribution is 5.89. The van der Waals surface area contributed by atoms with E-state index in [2.05, 4.69) is 0 Å². The third-order valence-corrected chi connectivity index (χ3v) is 3.27. The summed E-state index contributed by atoms with van der Waals surface area (Å²) in [6, 6.07) is 14.9. The summed E-state index contributed by atoms with van der Waals surface area (Å²) >= 11 is 0. The van der Waals surface area contributed by atoms with Crippen molar-refractivity contribution in [1.29, 1.82) is 0 Å². The maximum atomic E-state index is 12.3. The van der Waals surface area contributed by atoms with E-state index in [9.17, 15) is 14.9 Å². The van der Waals surface area contributed by atoms with E-state index in [4.69, 9.17) is 4.74 Å². The average Bonchev–Trinajstić information content (AvgIpc) is 2.54. The van der Waals surface area contributed by atoms with E-state index in [0.717, 1.165) is 5.56 Å². The lowest BCUT2D eigenvalue weighted by Gasteiger charge is -2.22. The highest BCUT2D eigenvalue weighted by Gasteiger charge is 2.19. The van der Waals surface area contributed by atoms with E-state index in [0.29, 0.717) is 6.54 Å². The maximum Gasteiger partial charge on any atom is 0.338 e. The van der Waals surface area contributed by atoms with Crippen LogP contribution in [0.2, 0.25) is 0 Å². The molecule has 1 unspecified atom stereocenters. The number of rotatable bonds is 6. The summed E-state index contributed by atoms with van der Waals surface area (Å²) in [7, 11) is 3.80. The van der Waals surface area contributed by atoms with Gasteiger partial charge in [0.2, 0.25) is 0 Å². The molecule has 23 heavy (non-hydrogen) atoms. The summed E-state index contributed by atoms with van der Waals surface area (Å²) in [5.41, 5.74) is 1.13. The highest BCUT2D eigenvalue weighted by Crippen LogP contribution is 2.21. The van der Waals surface area contributed by atoms with Crippen molar-refractivity contribution in [1.82, 2.24) is 4.90 Å². The van der Waals surface area contributed by atoms with Crippen LogP contribution in [0.5, 0.6) is 0 Å². The molecule has 0 heterocycles. The SMILES string of the molecule is CN(C)CC(OC(=O)c1ccc([N+](=O)[O-])cc1)c1ccccc1. The second-order valence-electron chi connectivity index (χ2n) is 5.37. The Balaban J connectivity index is 2.15. The summed E-state index contributed by atoms with van der Waals surface area (Å²) in [5, 5.41) is 10.7. The molecule has 0 aliphatic rings. The number of benzene rings is 2. The normalized spacial score (nSPS) is 12.0. The predicted octanol–water partition coefficient (Wildman–Crippen LogP) is 3.05. The van der Waals surface area contributed by atoms with Crippen LogP contribution in [0.15, 0.2) is 54.6 Å². The largest absolute Gasteiger partial charge is 0.453 e. The van der Waals surface area contributed by atoms with Gasteiger partial charge in [0, 0.05) is 18.7 Å². The molecule has 0 radical (unpaired) electrons. The summed E-state index contributed by atoms with van der Waals surface area (Å²) in [4.78, 5) is 24.4. The fraction of sp³-hybridized carbons (Fsp3) is 0.235. The second kappa shape index (κ2) is 7.51. The van der Waals surface area contributed by atoms with Crippen LogP contribution in [-0.2, 0) is 4.74 Å². The van der Waals surface area contributed by atoms with Gasteiger partial charge in [0.25, 0.3) is 5.69 Å². The zero-order chi connectivity index (χ0) is 16.8. The third kappa shape index (κ3) is 4.62. The van der Waals surface area contributed by atoms with Gasteiger partial charge >= 0.3 is 5.97 Å². The number of carbonyl (C=O) groups is 1. The van der Waals surface area contributed by atoms with Gasteiger partial charge in [0.15, 0.2) is 0 Å². The molecule has 0 saturated carbocycles. The van der Waals surface area contributed by atoms with Crippen LogP contribution in [0.3, 0.4) is 0 Å². The molecule has 6 heteroatoms. The molecule has 0 aliphatic carbocycles. The highest BCUT2D eigenvalue weighted by atomic mass is 16.6. The molecule has 2 aromatic carbocycles. The molecule has 0 saturated heterocycles. The van der Waals surface area contributed by atoms with E-state index in [1.54, 1.807) is 0 Å². The number of likely N-dealkylation sites (N-methyl/N-ethyl adjacent to an activating group) is 1. The molecule has 0 spiro atoms. The van der Waals surface area contributed by atoms with Crippen molar-refractivity contribution in [3.8, 4) is 0 Å². The molecule has 0 N–H and O–H groups in total. The summed E-state index contributed by atoms with van der Waals surface area (Å²) in [5.74, 6) is -0.504. The fourth-order valence-corrected chi connectivity index (χ4v) is 2.13. The Morgan fingerprint density at radius 3 is 2.26 bits per heavy atom. The first kappa shape index (κ1) is 16.6. The van der Waals surface area contributed by atoms with Gasteiger partial charge < -0.3 is 9.64 Å². The third-order valence-electron chi connectivity index (χ3n) is 3.27. The van der Waals surface area contributed by atoms with Gasteiger partial charge in [-0.3, -0.25) is 10.1 Å². The van der Waals surface area contributed by atoms with Crippen LogP contribution >= 0.6 is 0 Å². The van der Waals surface area contributed by atoms with Crippen molar-refractivity contribution in [2.75, 3.05) is 20.6 Å². The van der Waals surface area contributed by atoms with Gasteiger partial charge in [-0.2, -0.15) is 0 Å². The van der Waals surface area contributed by atoms with E-state index >= 15 is 0 Å². The lowest BCUT2D eigenvalue weighted by atomic mass is 10.1. The lowest BCUT2D eigenvalue weighted by molar-refractivity contribution is -0.384. The number of nitro benzene ring substituents is 1. The first-order valence-electron chi connectivity index (χ1n) is 7.12. The number of carbonyl (C=O) groups excluding carboxylic acids is 1. The zero-order valence-electron chi connectivity index (χ0n) is 13.0. The molecule has 0 amide bonds. The lowest BCUT2D eigenvalue weighted by Crippen LogP contribution is -2.24. The molecular formula is C17H18N2O4. The minimum Gasteiger partial charge on any atom is -0.453 e. The van der Waals surface area contributed by atoms with Crippen LogP contribution in [0, 0.1) is 10.1 Å². The Labute approximate surface area is 134 Å². The first-order chi connectivity index (χ1) is 11.0. The molecule has 6 nitrogen and oxygen atoms in total. The minimum atomic E-state index is -0.506. The topological polar surface area (TPSA) is 72.7 Å². The van der Waals surface area contributed by atoms with Gasteiger partial charge in [0.1, 0.15) is 6.10 Å². The van der Waals surface area contributed by atoms with Gasteiger partial charge in [-0.1, -0.05) is 30.3 Å². The first-order valence-corrected chi connectivity index (χ1v) is 7.12. The Morgan fingerprint density at radius 2 is 1.74 bits per heavy atom. The van der Waals surface area contributed by atoms with E-state index in [1.807, 2.05) is 49.3 Å².